The van der Waals surface area contributed by atoms with Crippen molar-refractivity contribution in [2.45, 2.75) is 19.4 Å². The Balaban J connectivity index is 1.58. The van der Waals surface area contributed by atoms with E-state index in [9.17, 15) is 9.59 Å². The average Bonchev–Trinajstić information content (AvgIpc) is 2.96. The highest BCUT2D eigenvalue weighted by Crippen LogP contribution is 2.33. The summed E-state index contributed by atoms with van der Waals surface area (Å²) in [6.45, 7) is 0.747. The number of hydrogen-bond acceptors (Lipinski definition) is 5. The molecule has 0 spiro atoms. The number of thioether (sulfide) groups is 1. The number of carbonyl (C=O) groups is 2. The minimum atomic E-state index is -0.885. The first-order chi connectivity index (χ1) is 13.9. The van der Waals surface area contributed by atoms with Crippen LogP contribution >= 0.6 is 35.6 Å². The first-order valence-electron chi connectivity index (χ1n) is 8.87. The molecule has 0 radical (unpaired) electrons. The SMILES string of the molecule is O=C(O)CCCN1C(=O)/C(=C\c2ccc(OCc3ccc(Cl)cc3)cc2)SC1=S. The topological polar surface area (TPSA) is 66.8 Å². The van der Waals surface area contributed by atoms with Gasteiger partial charge in [0.05, 0.1) is 4.91 Å². The second-order valence-corrected chi connectivity index (χ2v) is 8.43. The van der Waals surface area contributed by atoms with Gasteiger partial charge in [0.2, 0.25) is 0 Å². The smallest absolute Gasteiger partial charge is 0.303 e. The van der Waals surface area contributed by atoms with E-state index < -0.39 is 5.97 Å². The third-order valence-electron chi connectivity index (χ3n) is 4.14. The summed E-state index contributed by atoms with van der Waals surface area (Å²) in [7, 11) is 0. The number of hydrogen-bond donors (Lipinski definition) is 1. The lowest BCUT2D eigenvalue weighted by atomic mass is 10.2. The van der Waals surface area contributed by atoms with Crippen LogP contribution in [0.3, 0.4) is 0 Å². The van der Waals surface area contributed by atoms with Crippen molar-refractivity contribution in [3.63, 3.8) is 0 Å². The third kappa shape index (κ3) is 6.06. The molecule has 2 aromatic rings. The highest BCUT2D eigenvalue weighted by atomic mass is 35.5. The van der Waals surface area contributed by atoms with E-state index in [-0.39, 0.29) is 12.3 Å². The fraction of sp³-hybridized carbons (Fsp3) is 0.190. The van der Waals surface area contributed by atoms with Crippen LogP contribution in [-0.2, 0) is 16.2 Å². The Hall–Kier alpha value is -2.35. The first-order valence-corrected chi connectivity index (χ1v) is 10.5. The molecule has 8 heteroatoms. The van der Waals surface area contributed by atoms with Crippen LogP contribution in [0.1, 0.15) is 24.0 Å². The van der Waals surface area contributed by atoms with Crippen molar-refractivity contribution >= 4 is 57.9 Å². The summed E-state index contributed by atoms with van der Waals surface area (Å²) < 4.78 is 6.22. The molecule has 3 rings (SSSR count). The van der Waals surface area contributed by atoms with Crippen LogP contribution in [0.15, 0.2) is 53.4 Å². The largest absolute Gasteiger partial charge is 0.489 e. The molecule has 0 aromatic heterocycles. The van der Waals surface area contributed by atoms with Crippen molar-refractivity contribution in [1.82, 2.24) is 4.90 Å². The van der Waals surface area contributed by atoms with Gasteiger partial charge in [0.25, 0.3) is 5.91 Å². The highest BCUT2D eigenvalue weighted by Gasteiger charge is 2.31. The monoisotopic (exact) mass is 447 g/mol. The van der Waals surface area contributed by atoms with Crippen LogP contribution in [0.4, 0.5) is 0 Å². The van der Waals surface area contributed by atoms with Gasteiger partial charge in [-0.3, -0.25) is 14.5 Å². The summed E-state index contributed by atoms with van der Waals surface area (Å²) in [5, 5.41) is 9.42. The number of amides is 1. The molecule has 0 saturated carbocycles. The Kier molecular flexibility index (Phi) is 7.30. The van der Waals surface area contributed by atoms with E-state index in [2.05, 4.69) is 0 Å². The number of thiocarbonyl (C=S) groups is 1. The quantitative estimate of drug-likeness (QED) is 0.454. The van der Waals surface area contributed by atoms with Crippen molar-refractivity contribution < 1.29 is 19.4 Å². The second kappa shape index (κ2) is 9.91. The minimum absolute atomic E-state index is 0.00753. The molecule has 1 N–H and O–H groups in total. The van der Waals surface area contributed by atoms with E-state index in [4.69, 9.17) is 33.7 Å². The number of nitrogens with zero attached hydrogens (tertiary/aromatic N) is 1. The number of carboxylic acid groups (broad SMARTS) is 1. The maximum absolute atomic E-state index is 12.5. The summed E-state index contributed by atoms with van der Waals surface area (Å²) in [5.74, 6) is -0.351. The summed E-state index contributed by atoms with van der Waals surface area (Å²) in [5.41, 5.74) is 1.87. The van der Waals surface area contributed by atoms with E-state index >= 15 is 0 Å². The lowest BCUT2D eigenvalue weighted by molar-refractivity contribution is -0.137. The highest BCUT2D eigenvalue weighted by molar-refractivity contribution is 8.26. The predicted molar refractivity (Wildman–Crippen MR) is 119 cm³/mol. The lowest BCUT2D eigenvalue weighted by Crippen LogP contribution is -2.29. The van der Waals surface area contributed by atoms with Gasteiger partial charge in [-0.2, -0.15) is 0 Å². The van der Waals surface area contributed by atoms with Gasteiger partial charge in [0.15, 0.2) is 0 Å². The molecule has 1 aliphatic heterocycles. The van der Waals surface area contributed by atoms with Gasteiger partial charge in [0.1, 0.15) is 16.7 Å². The molecule has 29 heavy (non-hydrogen) atoms. The molecule has 1 fully saturated rings. The second-order valence-electron chi connectivity index (χ2n) is 6.31. The maximum atomic E-state index is 12.5. The standard InChI is InChI=1S/C21H18ClNO4S2/c22-16-7-3-15(4-8-16)13-27-17-9-5-14(6-10-17)12-18-20(26)23(21(28)29-18)11-1-2-19(24)25/h3-10,12H,1-2,11,13H2,(H,24,25)/b18-12+. The fourth-order valence-electron chi connectivity index (χ4n) is 2.64. The molecule has 150 valence electrons. The summed E-state index contributed by atoms with van der Waals surface area (Å²) >= 11 is 12.4. The minimum Gasteiger partial charge on any atom is -0.489 e. The number of rotatable bonds is 8. The molecule has 0 aliphatic carbocycles. The zero-order valence-corrected chi connectivity index (χ0v) is 17.7. The molecule has 2 aromatic carbocycles. The van der Waals surface area contributed by atoms with E-state index in [1.54, 1.807) is 6.08 Å². The van der Waals surface area contributed by atoms with Gasteiger partial charge in [-0.05, 0) is 47.9 Å². The molecule has 0 bridgehead atoms. The van der Waals surface area contributed by atoms with Gasteiger partial charge in [0, 0.05) is 18.0 Å². The molecule has 1 heterocycles. The summed E-state index contributed by atoms with van der Waals surface area (Å²) in [6.07, 6.45) is 2.15. The van der Waals surface area contributed by atoms with Gasteiger partial charge >= 0.3 is 5.97 Å². The summed E-state index contributed by atoms with van der Waals surface area (Å²) in [4.78, 5) is 25.1. The normalized spacial score (nSPS) is 15.2. The molecule has 1 saturated heterocycles. The van der Waals surface area contributed by atoms with Gasteiger partial charge < -0.3 is 9.84 Å². The van der Waals surface area contributed by atoms with Crippen LogP contribution in [-0.4, -0.2) is 32.7 Å². The Labute approximate surface area is 183 Å². The van der Waals surface area contributed by atoms with Crippen LogP contribution < -0.4 is 4.74 Å². The third-order valence-corrected chi connectivity index (χ3v) is 5.77. The van der Waals surface area contributed by atoms with Crippen LogP contribution in [0.5, 0.6) is 5.75 Å². The number of carbonyl (C=O) groups excluding carboxylic acids is 1. The maximum Gasteiger partial charge on any atom is 0.303 e. The van der Waals surface area contributed by atoms with Crippen molar-refractivity contribution in [1.29, 1.82) is 0 Å². The zero-order valence-electron chi connectivity index (χ0n) is 15.3. The molecular weight excluding hydrogens is 430 g/mol. The Morgan fingerprint density at radius 2 is 1.86 bits per heavy atom. The van der Waals surface area contributed by atoms with Crippen LogP contribution in [0.2, 0.25) is 5.02 Å². The van der Waals surface area contributed by atoms with Gasteiger partial charge in [-0.25, -0.2) is 0 Å². The Bertz CT molecular complexity index is 942. The molecule has 5 nitrogen and oxygen atoms in total. The number of carboxylic acids is 1. The Morgan fingerprint density at radius 3 is 2.52 bits per heavy atom. The van der Waals surface area contributed by atoms with Crippen molar-refractivity contribution in [3.05, 3.63) is 69.6 Å². The first kappa shape index (κ1) is 21.4. The fourth-order valence-corrected chi connectivity index (χ4v) is 4.07. The van der Waals surface area contributed by atoms with E-state index in [1.165, 1.54) is 16.7 Å². The molecule has 0 atom stereocenters. The van der Waals surface area contributed by atoms with Gasteiger partial charge in [-0.15, -0.1) is 0 Å². The van der Waals surface area contributed by atoms with Crippen LogP contribution in [0, 0.1) is 0 Å². The molecule has 1 amide bonds. The van der Waals surface area contributed by atoms with Crippen molar-refractivity contribution in [2.75, 3.05) is 6.54 Å². The number of ether oxygens (including phenoxy) is 1. The average molecular weight is 448 g/mol. The lowest BCUT2D eigenvalue weighted by Gasteiger charge is -2.13. The van der Waals surface area contributed by atoms with Crippen LogP contribution in [0.25, 0.3) is 6.08 Å². The molecule has 0 unspecified atom stereocenters. The zero-order chi connectivity index (χ0) is 20.8. The van der Waals surface area contributed by atoms with E-state index in [1.807, 2.05) is 48.5 Å². The number of aliphatic carboxylic acids is 1. The van der Waals surface area contributed by atoms with Gasteiger partial charge in [-0.1, -0.05) is 59.8 Å². The Morgan fingerprint density at radius 1 is 1.17 bits per heavy atom. The number of benzene rings is 2. The predicted octanol–water partition coefficient (Wildman–Crippen LogP) is 4.99. The van der Waals surface area contributed by atoms with Crippen molar-refractivity contribution in [3.8, 4) is 5.75 Å². The summed E-state index contributed by atoms with van der Waals surface area (Å²) in [6, 6.07) is 14.9. The van der Waals surface area contributed by atoms with E-state index in [0.717, 1.165) is 16.9 Å². The molecular formula is C21H18ClNO4S2. The molecule has 1 aliphatic rings. The van der Waals surface area contributed by atoms with E-state index in [0.29, 0.717) is 33.8 Å². The van der Waals surface area contributed by atoms with Crippen molar-refractivity contribution in [2.24, 2.45) is 0 Å². The number of halogens is 1.